The summed E-state index contributed by atoms with van der Waals surface area (Å²) in [7, 11) is -3.62. The highest BCUT2D eigenvalue weighted by molar-refractivity contribution is 7.89. The predicted molar refractivity (Wildman–Crippen MR) is 123 cm³/mol. The summed E-state index contributed by atoms with van der Waals surface area (Å²) in [6.07, 6.45) is 9.75. The molecule has 1 atom stereocenters. The van der Waals surface area contributed by atoms with Gasteiger partial charge in [0.2, 0.25) is 15.9 Å². The van der Waals surface area contributed by atoms with Crippen molar-refractivity contribution in [1.29, 1.82) is 0 Å². The van der Waals surface area contributed by atoms with Crippen molar-refractivity contribution in [3.63, 3.8) is 0 Å². The number of amides is 1. The zero-order valence-corrected chi connectivity index (χ0v) is 19.9. The average Bonchev–Trinajstić information content (AvgIpc) is 3.06. The van der Waals surface area contributed by atoms with E-state index >= 15 is 0 Å². The van der Waals surface area contributed by atoms with Crippen molar-refractivity contribution in [2.45, 2.75) is 76.0 Å². The van der Waals surface area contributed by atoms with Crippen LogP contribution in [-0.2, 0) is 14.8 Å². The highest BCUT2D eigenvalue weighted by atomic mass is 35.5. The van der Waals surface area contributed by atoms with Crippen LogP contribution in [0.2, 0.25) is 5.02 Å². The van der Waals surface area contributed by atoms with Crippen LogP contribution in [0.15, 0.2) is 40.4 Å². The maximum atomic E-state index is 13.5. The first-order valence-electron chi connectivity index (χ1n) is 11.6. The van der Waals surface area contributed by atoms with E-state index < -0.39 is 15.4 Å². The molecule has 1 amide bonds. The van der Waals surface area contributed by atoms with Gasteiger partial charge in [-0.1, -0.05) is 42.5 Å². The Kier molecular flexibility index (Phi) is 6.80. The van der Waals surface area contributed by atoms with Crippen molar-refractivity contribution in [3.8, 4) is 0 Å². The summed E-state index contributed by atoms with van der Waals surface area (Å²) in [6, 6.07) is 6.42. The predicted octanol–water partition coefficient (Wildman–Crippen LogP) is 5.27. The molecule has 1 N–H and O–H groups in total. The van der Waals surface area contributed by atoms with Gasteiger partial charge >= 0.3 is 0 Å². The number of sulfonamides is 1. The Morgan fingerprint density at radius 2 is 1.84 bits per heavy atom. The Labute approximate surface area is 191 Å². The van der Waals surface area contributed by atoms with Crippen LogP contribution in [0.25, 0.3) is 0 Å². The molecule has 3 aliphatic rings. The Hall–Kier alpha value is -1.37. The second-order valence-corrected chi connectivity index (χ2v) is 11.9. The highest BCUT2D eigenvalue weighted by Crippen LogP contribution is 2.42. The molecule has 1 saturated carbocycles. The number of nitrogens with one attached hydrogen (secondary N) is 1. The normalized spacial score (nSPS) is 27.1. The SMILES string of the molecule is CC1=C(C2CCCCC2)NC(=O)C2(CCCN(S(=O)(=O)c3cccc(Cl)c3)CC2)CC1. The molecule has 2 aliphatic heterocycles. The maximum Gasteiger partial charge on any atom is 0.243 e. The molecule has 31 heavy (non-hydrogen) atoms. The van der Waals surface area contributed by atoms with Crippen molar-refractivity contribution < 1.29 is 13.2 Å². The number of benzene rings is 1. The van der Waals surface area contributed by atoms with Crippen LogP contribution in [0.4, 0.5) is 0 Å². The molecular weight excluding hydrogens is 432 g/mol. The molecule has 7 heteroatoms. The second kappa shape index (κ2) is 9.24. The summed E-state index contributed by atoms with van der Waals surface area (Å²) in [6.45, 7) is 2.96. The molecule has 1 aromatic rings. The third kappa shape index (κ3) is 4.71. The first-order chi connectivity index (χ1) is 14.8. The van der Waals surface area contributed by atoms with Crippen LogP contribution >= 0.6 is 11.6 Å². The summed E-state index contributed by atoms with van der Waals surface area (Å²) >= 11 is 6.03. The standard InChI is InChI=1S/C24H33ClN2O3S/c1-18-11-13-24(23(28)26-22(18)19-7-3-2-4-8-19)12-6-15-27(16-14-24)31(29,30)21-10-5-9-20(25)17-21/h5,9-10,17,19H,2-4,6-8,11-16H2,1H3,(H,26,28). The number of rotatable bonds is 3. The van der Waals surface area contributed by atoms with Gasteiger partial charge in [-0.25, -0.2) is 8.42 Å². The number of hydrogen-bond acceptors (Lipinski definition) is 3. The Morgan fingerprint density at radius 3 is 2.58 bits per heavy atom. The number of carbonyl (C=O) groups is 1. The van der Waals surface area contributed by atoms with Gasteiger partial charge in [-0.15, -0.1) is 0 Å². The lowest BCUT2D eigenvalue weighted by Crippen LogP contribution is -2.41. The molecule has 4 rings (SSSR count). The van der Waals surface area contributed by atoms with Crippen LogP contribution in [0.1, 0.15) is 71.1 Å². The second-order valence-electron chi connectivity index (χ2n) is 9.48. The quantitative estimate of drug-likeness (QED) is 0.662. The van der Waals surface area contributed by atoms with Gasteiger partial charge in [0.25, 0.3) is 0 Å². The summed E-state index contributed by atoms with van der Waals surface area (Å²) < 4.78 is 27.9. The number of carbonyl (C=O) groups excluding carboxylic acids is 1. The molecule has 0 bridgehead atoms. The molecule has 2 fully saturated rings. The van der Waals surface area contributed by atoms with Crippen molar-refractivity contribution in [2.24, 2.45) is 11.3 Å². The van der Waals surface area contributed by atoms with E-state index in [0.29, 0.717) is 36.9 Å². The molecule has 1 aliphatic carbocycles. The number of hydrogen-bond donors (Lipinski definition) is 1. The van der Waals surface area contributed by atoms with Gasteiger partial charge in [0.15, 0.2) is 0 Å². The minimum atomic E-state index is -3.62. The number of halogens is 1. The smallest absolute Gasteiger partial charge is 0.243 e. The molecule has 1 unspecified atom stereocenters. The molecule has 170 valence electrons. The first kappa shape index (κ1) is 22.8. The lowest BCUT2D eigenvalue weighted by molar-refractivity contribution is -0.131. The third-order valence-corrected chi connectivity index (χ3v) is 9.65. The highest BCUT2D eigenvalue weighted by Gasteiger charge is 2.43. The summed E-state index contributed by atoms with van der Waals surface area (Å²) in [5.41, 5.74) is 1.98. The van der Waals surface area contributed by atoms with E-state index in [0.717, 1.165) is 37.8 Å². The van der Waals surface area contributed by atoms with Gasteiger partial charge in [0, 0.05) is 23.8 Å². The van der Waals surface area contributed by atoms with Gasteiger partial charge in [-0.3, -0.25) is 4.79 Å². The maximum absolute atomic E-state index is 13.5. The molecule has 0 aromatic heterocycles. The van der Waals surface area contributed by atoms with Crippen LogP contribution in [0, 0.1) is 11.3 Å². The van der Waals surface area contributed by atoms with E-state index in [-0.39, 0.29) is 10.8 Å². The molecule has 0 radical (unpaired) electrons. The lowest BCUT2D eigenvalue weighted by Gasteiger charge is -2.31. The van der Waals surface area contributed by atoms with Gasteiger partial charge in [0.1, 0.15) is 0 Å². The van der Waals surface area contributed by atoms with Crippen LogP contribution in [-0.4, -0.2) is 31.7 Å². The molecule has 1 aromatic carbocycles. The van der Waals surface area contributed by atoms with Gasteiger partial charge in [-0.05, 0) is 76.0 Å². The van der Waals surface area contributed by atoms with Crippen LogP contribution in [0.3, 0.4) is 0 Å². The van der Waals surface area contributed by atoms with Crippen molar-refractivity contribution in [1.82, 2.24) is 9.62 Å². The fraction of sp³-hybridized carbons (Fsp3) is 0.625. The lowest BCUT2D eigenvalue weighted by atomic mass is 9.76. The van der Waals surface area contributed by atoms with Gasteiger partial charge in [0.05, 0.1) is 10.3 Å². The van der Waals surface area contributed by atoms with Crippen molar-refractivity contribution >= 4 is 27.5 Å². The van der Waals surface area contributed by atoms with E-state index in [1.54, 1.807) is 18.2 Å². The largest absolute Gasteiger partial charge is 0.329 e. The monoisotopic (exact) mass is 464 g/mol. The zero-order chi connectivity index (χ0) is 22.1. The summed E-state index contributed by atoms with van der Waals surface area (Å²) in [4.78, 5) is 13.7. The van der Waals surface area contributed by atoms with E-state index in [4.69, 9.17) is 11.6 Å². The van der Waals surface area contributed by atoms with E-state index in [1.165, 1.54) is 35.2 Å². The van der Waals surface area contributed by atoms with Gasteiger partial charge in [-0.2, -0.15) is 4.31 Å². The first-order valence-corrected chi connectivity index (χ1v) is 13.4. The molecule has 5 nitrogen and oxygen atoms in total. The van der Waals surface area contributed by atoms with Crippen molar-refractivity contribution in [2.75, 3.05) is 13.1 Å². The Balaban J connectivity index is 1.51. The van der Waals surface area contributed by atoms with E-state index in [2.05, 4.69) is 12.2 Å². The molecule has 2 heterocycles. The van der Waals surface area contributed by atoms with Crippen LogP contribution in [0.5, 0.6) is 0 Å². The van der Waals surface area contributed by atoms with Crippen LogP contribution < -0.4 is 5.32 Å². The fourth-order valence-corrected chi connectivity index (χ4v) is 7.32. The third-order valence-electron chi connectivity index (χ3n) is 7.52. The average molecular weight is 465 g/mol. The topological polar surface area (TPSA) is 66.5 Å². The fourth-order valence-electron chi connectivity index (χ4n) is 5.54. The minimum Gasteiger partial charge on any atom is -0.329 e. The summed E-state index contributed by atoms with van der Waals surface area (Å²) in [5.74, 6) is 0.574. The zero-order valence-electron chi connectivity index (χ0n) is 18.3. The number of nitrogens with zero attached hydrogens (tertiary/aromatic N) is 1. The van der Waals surface area contributed by atoms with E-state index in [9.17, 15) is 13.2 Å². The van der Waals surface area contributed by atoms with Crippen molar-refractivity contribution in [3.05, 3.63) is 40.6 Å². The summed E-state index contributed by atoms with van der Waals surface area (Å²) in [5, 5.41) is 3.74. The van der Waals surface area contributed by atoms with Gasteiger partial charge < -0.3 is 5.32 Å². The molecule has 1 spiro atoms. The minimum absolute atomic E-state index is 0.104. The number of allylic oxidation sites excluding steroid dienone is 2. The molecular formula is C24H33ClN2O3S. The Morgan fingerprint density at radius 1 is 1.06 bits per heavy atom. The molecule has 1 saturated heterocycles. The Bertz CT molecular complexity index is 969. The van der Waals surface area contributed by atoms with E-state index in [1.807, 2.05) is 0 Å².